The van der Waals surface area contributed by atoms with Crippen LogP contribution in [0.3, 0.4) is 0 Å². The largest absolute Gasteiger partial charge is 0.434 e. The van der Waals surface area contributed by atoms with Gasteiger partial charge in [0.25, 0.3) is 0 Å². The fraction of sp³-hybridized carbons (Fsp3) is 0.647. The summed E-state index contributed by atoms with van der Waals surface area (Å²) < 4.78 is 29.7. The molecule has 21 heavy (non-hydrogen) atoms. The molecule has 2 nitrogen and oxygen atoms in total. The van der Waals surface area contributed by atoms with Crippen LogP contribution in [0, 0.1) is 0 Å². The molecule has 0 saturated heterocycles. The lowest BCUT2D eigenvalue weighted by Gasteiger charge is -2.21. The Morgan fingerprint density at radius 2 is 1.81 bits per heavy atom. The summed E-state index contributed by atoms with van der Waals surface area (Å²) in [4.78, 5) is 0. The number of unbranched alkanes of at least 4 members (excludes halogenated alkanes) is 3. The van der Waals surface area contributed by atoms with Crippen LogP contribution >= 0.6 is 0 Å². The Kier molecular flexibility index (Phi) is 8.99. The molecule has 120 valence electrons. The molecule has 1 aromatic rings. The molecule has 0 bridgehead atoms. The number of halogens is 2. The molecule has 4 heteroatoms. The highest BCUT2D eigenvalue weighted by molar-refractivity contribution is 5.36. The number of benzene rings is 1. The smallest absolute Gasteiger partial charge is 0.387 e. The number of hydrogen-bond donors (Lipinski definition) is 1. The molecule has 0 saturated carbocycles. The molecule has 0 fully saturated rings. The number of rotatable bonds is 11. The van der Waals surface area contributed by atoms with Gasteiger partial charge in [-0.1, -0.05) is 57.7 Å². The zero-order valence-electron chi connectivity index (χ0n) is 13.1. The van der Waals surface area contributed by atoms with Crippen LogP contribution in [0.25, 0.3) is 0 Å². The van der Waals surface area contributed by atoms with Crippen molar-refractivity contribution in [3.05, 3.63) is 29.8 Å². The number of nitrogens with one attached hydrogen (secondary N) is 1. The van der Waals surface area contributed by atoms with Crippen molar-refractivity contribution in [2.24, 2.45) is 0 Å². The second-order valence-corrected chi connectivity index (χ2v) is 5.27. The SMILES string of the molecule is CCCCCCC(NCCC)c1ccccc1OC(F)F. The van der Waals surface area contributed by atoms with Crippen molar-refractivity contribution in [1.82, 2.24) is 5.32 Å². The fourth-order valence-corrected chi connectivity index (χ4v) is 2.43. The van der Waals surface area contributed by atoms with E-state index in [1.807, 2.05) is 12.1 Å². The molecule has 0 aromatic heterocycles. The topological polar surface area (TPSA) is 21.3 Å². The minimum Gasteiger partial charge on any atom is -0.434 e. The van der Waals surface area contributed by atoms with Crippen LogP contribution in [0.1, 0.15) is 64.0 Å². The van der Waals surface area contributed by atoms with Gasteiger partial charge in [-0.25, -0.2) is 0 Å². The molecule has 0 aliphatic heterocycles. The third-order valence-corrected chi connectivity index (χ3v) is 3.50. The predicted octanol–water partition coefficient (Wildman–Crippen LogP) is 5.30. The van der Waals surface area contributed by atoms with Crippen LogP contribution in [-0.2, 0) is 0 Å². The third-order valence-electron chi connectivity index (χ3n) is 3.50. The van der Waals surface area contributed by atoms with Crippen molar-refractivity contribution in [3.63, 3.8) is 0 Å². The van der Waals surface area contributed by atoms with E-state index in [0.717, 1.165) is 31.4 Å². The van der Waals surface area contributed by atoms with Gasteiger partial charge in [0.2, 0.25) is 0 Å². The maximum Gasteiger partial charge on any atom is 0.387 e. The van der Waals surface area contributed by atoms with E-state index in [4.69, 9.17) is 0 Å². The summed E-state index contributed by atoms with van der Waals surface area (Å²) >= 11 is 0. The molecule has 0 spiro atoms. The average Bonchev–Trinajstić information content (AvgIpc) is 2.47. The zero-order valence-corrected chi connectivity index (χ0v) is 13.1. The minimum absolute atomic E-state index is 0.0803. The molecule has 0 amide bonds. The van der Waals surface area contributed by atoms with Gasteiger partial charge in [0.1, 0.15) is 5.75 Å². The highest BCUT2D eigenvalue weighted by atomic mass is 19.3. The van der Waals surface area contributed by atoms with E-state index in [0.29, 0.717) is 0 Å². The van der Waals surface area contributed by atoms with E-state index in [9.17, 15) is 8.78 Å². The Morgan fingerprint density at radius 1 is 1.05 bits per heavy atom. The Hall–Kier alpha value is -1.16. The van der Waals surface area contributed by atoms with E-state index < -0.39 is 6.61 Å². The fourth-order valence-electron chi connectivity index (χ4n) is 2.43. The first-order valence-corrected chi connectivity index (χ1v) is 7.96. The molecule has 1 unspecified atom stereocenters. The monoisotopic (exact) mass is 299 g/mol. The highest BCUT2D eigenvalue weighted by Crippen LogP contribution is 2.29. The van der Waals surface area contributed by atoms with Crippen LogP contribution in [-0.4, -0.2) is 13.2 Å². The van der Waals surface area contributed by atoms with Crippen LogP contribution in [0.15, 0.2) is 24.3 Å². The first kappa shape index (κ1) is 17.9. The Morgan fingerprint density at radius 3 is 2.48 bits per heavy atom. The minimum atomic E-state index is -2.78. The first-order valence-electron chi connectivity index (χ1n) is 7.96. The summed E-state index contributed by atoms with van der Waals surface area (Å²) in [5, 5.41) is 3.45. The van der Waals surface area contributed by atoms with Crippen molar-refractivity contribution in [1.29, 1.82) is 0 Å². The number of hydrogen-bond acceptors (Lipinski definition) is 2. The third kappa shape index (κ3) is 6.89. The van der Waals surface area contributed by atoms with Gasteiger partial charge in [-0.15, -0.1) is 0 Å². The van der Waals surface area contributed by atoms with Gasteiger partial charge in [0, 0.05) is 11.6 Å². The lowest BCUT2D eigenvalue weighted by molar-refractivity contribution is -0.0507. The Balaban J connectivity index is 2.75. The summed E-state index contributed by atoms with van der Waals surface area (Å²) in [5.41, 5.74) is 0.836. The maximum atomic E-state index is 12.5. The van der Waals surface area contributed by atoms with E-state index in [-0.39, 0.29) is 11.8 Å². The zero-order chi connectivity index (χ0) is 15.5. The molecule has 0 aliphatic carbocycles. The quantitative estimate of drug-likeness (QED) is 0.560. The molecule has 0 aliphatic rings. The number of alkyl halides is 2. The standard InChI is InChI=1S/C17H27F2NO/c1-3-5-6-7-11-15(20-13-4-2)14-10-8-9-12-16(14)21-17(18)19/h8-10,12,15,17,20H,3-7,11,13H2,1-2H3. The van der Waals surface area contributed by atoms with Crippen molar-refractivity contribution >= 4 is 0 Å². The molecule has 1 atom stereocenters. The van der Waals surface area contributed by atoms with Crippen LogP contribution in [0.4, 0.5) is 8.78 Å². The molecule has 1 N–H and O–H groups in total. The van der Waals surface area contributed by atoms with E-state index >= 15 is 0 Å². The Labute approximate surface area is 126 Å². The summed E-state index contributed by atoms with van der Waals surface area (Å²) in [6, 6.07) is 7.19. The predicted molar refractivity (Wildman–Crippen MR) is 82.9 cm³/mol. The molecule has 1 rings (SSSR count). The van der Waals surface area contributed by atoms with Crippen molar-refractivity contribution in [2.45, 2.75) is 65.0 Å². The van der Waals surface area contributed by atoms with Gasteiger partial charge in [-0.3, -0.25) is 0 Å². The van der Waals surface area contributed by atoms with Gasteiger partial charge in [0.15, 0.2) is 0 Å². The molecule has 1 aromatic carbocycles. The summed E-state index contributed by atoms with van der Waals surface area (Å²) in [6.45, 7) is 2.38. The van der Waals surface area contributed by atoms with Crippen LogP contribution in [0.2, 0.25) is 0 Å². The molecular weight excluding hydrogens is 272 g/mol. The van der Waals surface area contributed by atoms with Crippen LogP contribution in [0.5, 0.6) is 5.75 Å². The molecule has 0 radical (unpaired) electrons. The van der Waals surface area contributed by atoms with Gasteiger partial charge in [-0.05, 0) is 25.5 Å². The number of para-hydroxylation sites is 1. The summed E-state index contributed by atoms with van der Waals surface area (Å²) in [6.07, 6.45) is 6.65. The Bertz CT molecular complexity index is 385. The second kappa shape index (κ2) is 10.6. The van der Waals surface area contributed by atoms with Crippen molar-refractivity contribution in [3.8, 4) is 5.75 Å². The van der Waals surface area contributed by atoms with E-state index in [1.54, 1.807) is 12.1 Å². The highest BCUT2D eigenvalue weighted by Gasteiger charge is 2.17. The lowest BCUT2D eigenvalue weighted by atomic mass is 9.99. The van der Waals surface area contributed by atoms with Crippen LogP contribution < -0.4 is 10.1 Å². The maximum absolute atomic E-state index is 12.5. The van der Waals surface area contributed by atoms with Gasteiger partial charge in [0.05, 0.1) is 0 Å². The van der Waals surface area contributed by atoms with Gasteiger partial charge < -0.3 is 10.1 Å². The van der Waals surface area contributed by atoms with Crippen molar-refractivity contribution < 1.29 is 13.5 Å². The second-order valence-electron chi connectivity index (χ2n) is 5.27. The summed E-state index contributed by atoms with van der Waals surface area (Å²) in [5.74, 6) is 0.289. The average molecular weight is 299 g/mol. The van der Waals surface area contributed by atoms with Gasteiger partial charge in [-0.2, -0.15) is 8.78 Å². The van der Waals surface area contributed by atoms with E-state index in [1.165, 1.54) is 19.3 Å². The molecular formula is C17H27F2NO. The van der Waals surface area contributed by atoms with E-state index in [2.05, 4.69) is 23.9 Å². The van der Waals surface area contributed by atoms with Crippen molar-refractivity contribution in [2.75, 3.05) is 6.54 Å². The van der Waals surface area contributed by atoms with Gasteiger partial charge >= 0.3 is 6.61 Å². The summed E-state index contributed by atoms with van der Waals surface area (Å²) in [7, 11) is 0. The molecule has 0 heterocycles. The lowest BCUT2D eigenvalue weighted by Crippen LogP contribution is -2.23. The first-order chi connectivity index (χ1) is 10.2. The normalized spacial score (nSPS) is 12.6. The number of ether oxygens (including phenoxy) is 1.